The van der Waals surface area contributed by atoms with Crippen LogP contribution in [0.2, 0.25) is 0 Å². The van der Waals surface area contributed by atoms with Crippen molar-refractivity contribution in [3.8, 4) is 0 Å². The van der Waals surface area contributed by atoms with Gasteiger partial charge in [0.05, 0.1) is 6.04 Å². The van der Waals surface area contributed by atoms with Gasteiger partial charge in [-0.2, -0.15) is 0 Å². The summed E-state index contributed by atoms with van der Waals surface area (Å²) in [5.74, 6) is 0. The van der Waals surface area contributed by atoms with Crippen molar-refractivity contribution in [3.63, 3.8) is 0 Å². The maximum atomic E-state index is 14.2. The van der Waals surface area contributed by atoms with Crippen LogP contribution in [0, 0.1) is 0 Å². The Morgan fingerprint density at radius 3 is 2.68 bits per heavy atom. The van der Waals surface area contributed by atoms with Gasteiger partial charge in [0.1, 0.15) is 12.3 Å². The summed E-state index contributed by atoms with van der Waals surface area (Å²) in [6.45, 7) is 3.72. The second-order valence-electron chi connectivity index (χ2n) is 6.32. The maximum Gasteiger partial charge on any atom is 0.407 e. The molecule has 1 heterocycles. The summed E-state index contributed by atoms with van der Waals surface area (Å²) < 4.78 is 19.4. The van der Waals surface area contributed by atoms with E-state index in [4.69, 9.17) is 4.74 Å². The molecule has 1 amide bonds. The minimum absolute atomic E-state index is 0.00545. The average molecular weight is 306 g/mol. The summed E-state index contributed by atoms with van der Waals surface area (Å²) in [6.07, 6.45) is 1.78. The van der Waals surface area contributed by atoms with Crippen molar-refractivity contribution < 1.29 is 13.9 Å². The van der Waals surface area contributed by atoms with Crippen molar-refractivity contribution in [2.75, 3.05) is 13.1 Å². The molecule has 1 N–H and O–H groups in total. The van der Waals surface area contributed by atoms with Crippen molar-refractivity contribution in [1.29, 1.82) is 0 Å². The Morgan fingerprint density at radius 1 is 1.41 bits per heavy atom. The lowest BCUT2D eigenvalue weighted by molar-refractivity contribution is 0.0178. The minimum Gasteiger partial charge on any atom is -0.445 e. The summed E-state index contributed by atoms with van der Waals surface area (Å²) in [5.41, 5.74) is -0.0138. The van der Waals surface area contributed by atoms with E-state index in [-0.39, 0.29) is 18.7 Å². The molecule has 22 heavy (non-hydrogen) atoms. The van der Waals surface area contributed by atoms with Crippen LogP contribution in [-0.4, -0.2) is 41.8 Å². The summed E-state index contributed by atoms with van der Waals surface area (Å²) in [5, 5.41) is 2.84. The van der Waals surface area contributed by atoms with Crippen molar-refractivity contribution in [3.05, 3.63) is 35.9 Å². The van der Waals surface area contributed by atoms with Crippen molar-refractivity contribution in [2.24, 2.45) is 0 Å². The fraction of sp³-hybridized carbons (Fsp3) is 0.588. The number of amides is 1. The zero-order valence-corrected chi connectivity index (χ0v) is 12.9. The van der Waals surface area contributed by atoms with E-state index in [1.165, 1.54) is 0 Å². The Morgan fingerprint density at radius 2 is 2.09 bits per heavy atom. The third kappa shape index (κ3) is 3.40. The van der Waals surface area contributed by atoms with Crippen LogP contribution < -0.4 is 5.32 Å². The molecule has 0 radical (unpaired) electrons. The molecule has 5 heteroatoms. The van der Waals surface area contributed by atoms with Crippen molar-refractivity contribution in [2.45, 2.75) is 50.5 Å². The van der Waals surface area contributed by atoms with Gasteiger partial charge in [-0.25, -0.2) is 9.18 Å². The van der Waals surface area contributed by atoms with Gasteiger partial charge in [0.15, 0.2) is 0 Å². The molecule has 3 rings (SSSR count). The fourth-order valence-electron chi connectivity index (χ4n) is 3.19. The summed E-state index contributed by atoms with van der Waals surface area (Å²) in [6, 6.07) is 9.66. The Balaban J connectivity index is 1.37. The molecule has 120 valence electrons. The summed E-state index contributed by atoms with van der Waals surface area (Å²) in [7, 11) is 0. The fourth-order valence-corrected chi connectivity index (χ4v) is 3.19. The normalized spacial score (nSPS) is 21.7. The van der Waals surface area contributed by atoms with Gasteiger partial charge in [0.2, 0.25) is 0 Å². The number of hydrogen-bond donors (Lipinski definition) is 1. The largest absolute Gasteiger partial charge is 0.445 e. The van der Waals surface area contributed by atoms with Crippen LogP contribution >= 0.6 is 0 Å². The lowest BCUT2D eigenvalue weighted by atomic mass is 9.99. The molecule has 1 aliphatic heterocycles. The van der Waals surface area contributed by atoms with E-state index < -0.39 is 11.8 Å². The average Bonchev–Trinajstić information content (AvgIpc) is 3.23. The number of benzene rings is 1. The number of hydrogen-bond acceptors (Lipinski definition) is 3. The van der Waals surface area contributed by atoms with E-state index in [0.29, 0.717) is 25.9 Å². The van der Waals surface area contributed by atoms with E-state index in [0.717, 1.165) is 12.0 Å². The molecule has 2 fully saturated rings. The molecule has 2 aliphatic rings. The SMILES string of the molecule is CC[C@@H](N1CC(NC(=O)OCc2ccccc2)C1)C1(F)CC1. The van der Waals surface area contributed by atoms with Crippen LogP contribution in [0.3, 0.4) is 0 Å². The summed E-state index contributed by atoms with van der Waals surface area (Å²) >= 11 is 0. The quantitative estimate of drug-likeness (QED) is 0.878. The molecule has 0 unspecified atom stereocenters. The molecule has 1 aromatic rings. The highest BCUT2D eigenvalue weighted by Gasteiger charge is 2.53. The van der Waals surface area contributed by atoms with Crippen LogP contribution in [0.25, 0.3) is 0 Å². The molecule has 0 bridgehead atoms. The van der Waals surface area contributed by atoms with E-state index in [9.17, 15) is 9.18 Å². The van der Waals surface area contributed by atoms with Gasteiger partial charge in [0, 0.05) is 19.1 Å². The second kappa shape index (κ2) is 6.24. The van der Waals surface area contributed by atoms with E-state index in [1.807, 2.05) is 37.3 Å². The highest BCUT2D eigenvalue weighted by atomic mass is 19.1. The van der Waals surface area contributed by atoms with E-state index >= 15 is 0 Å². The van der Waals surface area contributed by atoms with Crippen LogP contribution in [0.5, 0.6) is 0 Å². The molecule has 0 aromatic heterocycles. The Bertz CT molecular complexity index is 513. The van der Waals surface area contributed by atoms with Crippen LogP contribution in [-0.2, 0) is 11.3 Å². The van der Waals surface area contributed by atoms with Gasteiger partial charge in [-0.1, -0.05) is 37.3 Å². The number of ether oxygens (including phenoxy) is 1. The first-order valence-corrected chi connectivity index (χ1v) is 8.01. The third-order valence-corrected chi connectivity index (χ3v) is 4.60. The molecule has 1 saturated heterocycles. The van der Waals surface area contributed by atoms with E-state index in [2.05, 4.69) is 10.2 Å². The number of halogens is 1. The van der Waals surface area contributed by atoms with Gasteiger partial charge in [-0.15, -0.1) is 0 Å². The van der Waals surface area contributed by atoms with Crippen molar-refractivity contribution in [1.82, 2.24) is 10.2 Å². The molecular formula is C17H23FN2O2. The third-order valence-electron chi connectivity index (χ3n) is 4.60. The first kappa shape index (κ1) is 15.3. The molecule has 0 spiro atoms. The second-order valence-corrected chi connectivity index (χ2v) is 6.32. The topological polar surface area (TPSA) is 41.6 Å². The Hall–Kier alpha value is -1.62. The number of carbonyl (C=O) groups excluding carboxylic acids is 1. The van der Waals surface area contributed by atoms with Gasteiger partial charge in [-0.3, -0.25) is 4.90 Å². The van der Waals surface area contributed by atoms with Crippen LogP contribution in [0.1, 0.15) is 31.7 Å². The Kier molecular flexibility index (Phi) is 4.34. The molecule has 1 saturated carbocycles. The molecule has 4 nitrogen and oxygen atoms in total. The molecular weight excluding hydrogens is 283 g/mol. The number of nitrogens with one attached hydrogen (secondary N) is 1. The van der Waals surface area contributed by atoms with Gasteiger partial charge in [0.25, 0.3) is 0 Å². The predicted octanol–water partition coefficient (Wildman–Crippen LogP) is 2.88. The number of nitrogens with zero attached hydrogens (tertiary/aromatic N) is 1. The zero-order valence-electron chi connectivity index (χ0n) is 12.9. The van der Waals surface area contributed by atoms with Crippen LogP contribution in [0.15, 0.2) is 30.3 Å². The van der Waals surface area contributed by atoms with Gasteiger partial charge in [-0.05, 0) is 24.8 Å². The zero-order chi connectivity index (χ0) is 15.6. The van der Waals surface area contributed by atoms with E-state index in [1.54, 1.807) is 0 Å². The molecule has 1 aromatic carbocycles. The Labute approximate surface area is 130 Å². The monoisotopic (exact) mass is 306 g/mol. The number of alkyl carbamates (subject to hydrolysis) is 1. The standard InChI is InChI=1S/C17H23FN2O2/c1-2-15(17(18)8-9-17)20-10-14(11-20)19-16(21)22-12-13-6-4-3-5-7-13/h3-7,14-15H,2,8-12H2,1H3,(H,19,21)/t15-/m1/s1. The number of alkyl halides is 1. The highest BCUT2D eigenvalue weighted by molar-refractivity contribution is 5.67. The number of likely N-dealkylation sites (tertiary alicyclic amines) is 1. The molecule has 1 aliphatic carbocycles. The summed E-state index contributed by atoms with van der Waals surface area (Å²) in [4.78, 5) is 13.9. The minimum atomic E-state index is -0.979. The first-order chi connectivity index (χ1) is 10.6. The highest BCUT2D eigenvalue weighted by Crippen LogP contribution is 2.46. The number of carbonyl (C=O) groups is 1. The number of rotatable bonds is 6. The predicted molar refractivity (Wildman–Crippen MR) is 82.3 cm³/mol. The van der Waals surface area contributed by atoms with Gasteiger partial charge >= 0.3 is 6.09 Å². The smallest absolute Gasteiger partial charge is 0.407 e. The lowest BCUT2D eigenvalue weighted by Gasteiger charge is -2.45. The maximum absolute atomic E-state index is 14.2. The van der Waals surface area contributed by atoms with Crippen molar-refractivity contribution >= 4 is 6.09 Å². The first-order valence-electron chi connectivity index (χ1n) is 8.01. The van der Waals surface area contributed by atoms with Gasteiger partial charge < -0.3 is 10.1 Å². The van der Waals surface area contributed by atoms with Crippen LogP contribution in [0.4, 0.5) is 9.18 Å². The molecule has 1 atom stereocenters. The lowest BCUT2D eigenvalue weighted by Crippen LogP contribution is -2.64.